The highest BCUT2D eigenvalue weighted by Gasteiger charge is 2.22. The third-order valence-electron chi connectivity index (χ3n) is 3.28. The monoisotopic (exact) mass is 338 g/mol. The molecular formula is C15H12BrClS. The summed E-state index contributed by atoms with van der Waals surface area (Å²) in [7, 11) is 0. The van der Waals surface area contributed by atoms with Gasteiger partial charge in [-0.2, -0.15) is 0 Å². The first-order valence-corrected chi connectivity index (χ1v) is 8.07. The van der Waals surface area contributed by atoms with Crippen molar-refractivity contribution in [1.29, 1.82) is 0 Å². The minimum Gasteiger partial charge on any atom is -0.126 e. The first kappa shape index (κ1) is 12.6. The van der Waals surface area contributed by atoms with Gasteiger partial charge in [-0.25, -0.2) is 0 Å². The van der Waals surface area contributed by atoms with Crippen LogP contribution < -0.4 is 0 Å². The summed E-state index contributed by atoms with van der Waals surface area (Å²) in [5.41, 5.74) is 2.79. The molecule has 18 heavy (non-hydrogen) atoms. The van der Waals surface area contributed by atoms with Crippen molar-refractivity contribution in [3.8, 4) is 0 Å². The molecule has 2 aromatic carbocycles. The fourth-order valence-corrected chi connectivity index (χ4v) is 4.02. The Labute approximate surface area is 125 Å². The molecule has 92 valence electrons. The van der Waals surface area contributed by atoms with Gasteiger partial charge in [0.05, 0.1) is 0 Å². The van der Waals surface area contributed by atoms with Crippen molar-refractivity contribution in [3.05, 3.63) is 63.1 Å². The maximum absolute atomic E-state index is 5.96. The Morgan fingerprint density at radius 1 is 1.11 bits per heavy atom. The van der Waals surface area contributed by atoms with Crippen molar-refractivity contribution in [3.63, 3.8) is 0 Å². The second kappa shape index (κ2) is 5.28. The molecule has 3 heteroatoms. The maximum Gasteiger partial charge on any atom is 0.0406 e. The molecule has 0 saturated heterocycles. The van der Waals surface area contributed by atoms with Crippen LogP contribution in [0.3, 0.4) is 0 Å². The van der Waals surface area contributed by atoms with E-state index in [4.69, 9.17) is 11.6 Å². The van der Waals surface area contributed by atoms with Gasteiger partial charge in [-0.1, -0.05) is 39.7 Å². The van der Waals surface area contributed by atoms with E-state index in [0.717, 1.165) is 9.50 Å². The molecule has 0 radical (unpaired) electrons. The highest BCUT2D eigenvalue weighted by molar-refractivity contribution is 9.10. The molecule has 0 spiro atoms. The molecule has 1 atom stereocenters. The van der Waals surface area contributed by atoms with E-state index in [-0.39, 0.29) is 0 Å². The van der Waals surface area contributed by atoms with Gasteiger partial charge >= 0.3 is 0 Å². The highest BCUT2D eigenvalue weighted by atomic mass is 79.9. The van der Waals surface area contributed by atoms with Gasteiger partial charge in [0.2, 0.25) is 0 Å². The van der Waals surface area contributed by atoms with Crippen LogP contribution in [0.15, 0.2) is 51.8 Å². The number of halogens is 2. The number of hydrogen-bond donors (Lipinski definition) is 0. The molecule has 0 N–H and O–H groups in total. The Balaban J connectivity index is 2.05. The van der Waals surface area contributed by atoms with E-state index in [2.05, 4.69) is 46.3 Å². The minimum atomic E-state index is 0.496. The van der Waals surface area contributed by atoms with Crippen LogP contribution in [-0.4, -0.2) is 5.75 Å². The summed E-state index contributed by atoms with van der Waals surface area (Å²) in [4.78, 5) is 1.41. The molecule has 0 saturated carbocycles. The Bertz CT molecular complexity index is 565. The second-order valence-corrected chi connectivity index (χ2v) is 6.91. The summed E-state index contributed by atoms with van der Waals surface area (Å²) in [5.74, 6) is 1.68. The van der Waals surface area contributed by atoms with Crippen LogP contribution in [0.2, 0.25) is 5.02 Å². The van der Waals surface area contributed by atoms with Crippen LogP contribution in [0.1, 0.15) is 23.5 Å². The molecule has 0 nitrogen and oxygen atoms in total. The fourth-order valence-electron chi connectivity index (χ4n) is 2.41. The van der Waals surface area contributed by atoms with E-state index in [1.165, 1.54) is 28.2 Å². The molecule has 2 aromatic rings. The SMILES string of the molecule is Clc1ccc(C2CCSc3ccc(Br)cc32)cc1. The summed E-state index contributed by atoms with van der Waals surface area (Å²) in [6.07, 6.45) is 1.19. The predicted molar refractivity (Wildman–Crippen MR) is 82.8 cm³/mol. The lowest BCUT2D eigenvalue weighted by molar-refractivity contribution is 0.754. The van der Waals surface area contributed by atoms with Crippen LogP contribution in [0, 0.1) is 0 Å². The van der Waals surface area contributed by atoms with Crippen molar-refractivity contribution in [2.75, 3.05) is 5.75 Å². The van der Waals surface area contributed by atoms with Gasteiger partial charge in [-0.15, -0.1) is 11.8 Å². The molecule has 1 heterocycles. The summed E-state index contributed by atoms with van der Waals surface area (Å²) in [6, 6.07) is 14.8. The van der Waals surface area contributed by atoms with Gasteiger partial charge in [-0.05, 0) is 53.6 Å². The number of benzene rings is 2. The Kier molecular flexibility index (Phi) is 3.69. The molecule has 1 aliphatic heterocycles. The molecule has 0 fully saturated rings. The first-order chi connectivity index (χ1) is 8.74. The topological polar surface area (TPSA) is 0 Å². The van der Waals surface area contributed by atoms with Crippen molar-refractivity contribution in [2.45, 2.75) is 17.2 Å². The average molecular weight is 340 g/mol. The third kappa shape index (κ3) is 2.47. The number of thioether (sulfide) groups is 1. The number of rotatable bonds is 1. The van der Waals surface area contributed by atoms with Gasteiger partial charge in [0, 0.05) is 20.3 Å². The fraction of sp³-hybridized carbons (Fsp3) is 0.200. The summed E-state index contributed by atoms with van der Waals surface area (Å²) in [5, 5.41) is 0.804. The minimum absolute atomic E-state index is 0.496. The van der Waals surface area contributed by atoms with Gasteiger partial charge < -0.3 is 0 Å². The molecule has 0 amide bonds. The van der Waals surface area contributed by atoms with Crippen molar-refractivity contribution >= 4 is 39.3 Å². The van der Waals surface area contributed by atoms with Crippen LogP contribution >= 0.6 is 39.3 Å². The third-order valence-corrected chi connectivity index (χ3v) is 5.15. The largest absolute Gasteiger partial charge is 0.126 e. The standard InChI is InChI=1S/C15H12BrClS/c16-11-3-6-15-14(9-11)13(7-8-18-15)10-1-4-12(17)5-2-10/h1-6,9,13H,7-8H2. The van der Waals surface area contributed by atoms with Crippen molar-refractivity contribution < 1.29 is 0 Å². The zero-order valence-corrected chi connectivity index (χ0v) is 12.9. The molecule has 3 rings (SSSR count). The van der Waals surface area contributed by atoms with E-state index in [0.29, 0.717) is 5.92 Å². The Morgan fingerprint density at radius 3 is 2.67 bits per heavy atom. The summed E-state index contributed by atoms with van der Waals surface area (Å²) >= 11 is 11.5. The van der Waals surface area contributed by atoms with Crippen molar-refractivity contribution in [2.24, 2.45) is 0 Å². The van der Waals surface area contributed by atoms with E-state index in [9.17, 15) is 0 Å². The first-order valence-electron chi connectivity index (χ1n) is 5.92. The van der Waals surface area contributed by atoms with Gasteiger partial charge in [0.15, 0.2) is 0 Å². The highest BCUT2D eigenvalue weighted by Crippen LogP contribution is 2.42. The van der Waals surface area contributed by atoms with Gasteiger partial charge in [-0.3, -0.25) is 0 Å². The Hall–Kier alpha value is -0.440. The van der Waals surface area contributed by atoms with E-state index in [1.807, 2.05) is 23.9 Å². The van der Waals surface area contributed by atoms with Crippen LogP contribution in [-0.2, 0) is 0 Å². The van der Waals surface area contributed by atoms with Crippen molar-refractivity contribution in [1.82, 2.24) is 0 Å². The maximum atomic E-state index is 5.96. The lowest BCUT2D eigenvalue weighted by Crippen LogP contribution is -2.08. The molecular weight excluding hydrogens is 328 g/mol. The van der Waals surface area contributed by atoms with E-state index in [1.54, 1.807) is 0 Å². The molecule has 0 bridgehead atoms. The molecule has 0 aliphatic carbocycles. The smallest absolute Gasteiger partial charge is 0.0406 e. The van der Waals surface area contributed by atoms with Crippen LogP contribution in [0.5, 0.6) is 0 Å². The van der Waals surface area contributed by atoms with Gasteiger partial charge in [0.25, 0.3) is 0 Å². The average Bonchev–Trinajstić information content (AvgIpc) is 2.39. The molecule has 0 aromatic heterocycles. The molecule has 1 aliphatic rings. The quantitative estimate of drug-likeness (QED) is 0.639. The predicted octanol–water partition coefficient (Wildman–Crippen LogP) is 5.73. The number of fused-ring (bicyclic) bond motifs is 1. The molecule has 1 unspecified atom stereocenters. The zero-order valence-electron chi connectivity index (χ0n) is 9.70. The van der Waals surface area contributed by atoms with Crippen LogP contribution in [0.4, 0.5) is 0 Å². The lowest BCUT2D eigenvalue weighted by atomic mass is 9.89. The lowest BCUT2D eigenvalue weighted by Gasteiger charge is -2.25. The van der Waals surface area contributed by atoms with E-state index < -0.39 is 0 Å². The zero-order chi connectivity index (χ0) is 12.5. The van der Waals surface area contributed by atoms with Crippen LogP contribution in [0.25, 0.3) is 0 Å². The summed E-state index contributed by atoms with van der Waals surface area (Å²) in [6.45, 7) is 0. The van der Waals surface area contributed by atoms with E-state index >= 15 is 0 Å². The Morgan fingerprint density at radius 2 is 1.89 bits per heavy atom. The number of hydrogen-bond acceptors (Lipinski definition) is 1. The van der Waals surface area contributed by atoms with Gasteiger partial charge in [0.1, 0.15) is 0 Å². The summed E-state index contributed by atoms with van der Waals surface area (Å²) < 4.78 is 1.16. The second-order valence-electron chi connectivity index (χ2n) is 4.42. The normalized spacial score (nSPS) is 18.4.